The van der Waals surface area contributed by atoms with Crippen LogP contribution in [0.15, 0.2) is 39.9 Å². The van der Waals surface area contributed by atoms with Gasteiger partial charge in [0.15, 0.2) is 0 Å². The van der Waals surface area contributed by atoms with Crippen LogP contribution in [0.4, 0.5) is 0 Å². The van der Waals surface area contributed by atoms with Crippen LogP contribution in [0.25, 0.3) is 0 Å². The number of ether oxygens (including phenoxy) is 1. The van der Waals surface area contributed by atoms with Gasteiger partial charge in [-0.1, -0.05) is 58.8 Å². The van der Waals surface area contributed by atoms with Crippen molar-refractivity contribution in [3.63, 3.8) is 0 Å². The van der Waals surface area contributed by atoms with Crippen molar-refractivity contribution in [3.05, 3.63) is 34.9 Å². The van der Waals surface area contributed by atoms with E-state index < -0.39 is 5.79 Å². The van der Waals surface area contributed by atoms with Crippen LogP contribution in [0.1, 0.15) is 79.6 Å². The largest absolute Gasteiger partial charge is 0.358 e. The number of rotatable bonds is 0. The van der Waals surface area contributed by atoms with Crippen molar-refractivity contribution in [3.8, 4) is 0 Å². The number of aliphatic imine (C=N–C) groups is 1. The Morgan fingerprint density at radius 1 is 1.00 bits per heavy atom. The van der Waals surface area contributed by atoms with E-state index in [-0.39, 0.29) is 16.7 Å². The van der Waals surface area contributed by atoms with E-state index in [1.165, 1.54) is 56.1 Å². The summed E-state index contributed by atoms with van der Waals surface area (Å²) < 4.78 is 5.94. The SMILES string of the molecule is CC1CCC2(C)CCC3(C)C4=CC=C5C(=CC6(O)OCCN=C6C5C)C4(C)CCC3C2C1. The average molecular weight is 436 g/mol. The molecule has 0 radical (unpaired) electrons. The smallest absolute Gasteiger partial charge is 0.227 e. The third-order valence-corrected chi connectivity index (χ3v) is 11.1. The molecule has 0 bridgehead atoms. The van der Waals surface area contributed by atoms with E-state index in [1.807, 2.05) is 6.08 Å². The summed E-state index contributed by atoms with van der Waals surface area (Å²) in [6.07, 6.45) is 16.3. The Morgan fingerprint density at radius 2 is 1.81 bits per heavy atom. The molecule has 32 heavy (non-hydrogen) atoms. The molecule has 1 N–H and O–H groups in total. The minimum absolute atomic E-state index is 0.0142. The maximum atomic E-state index is 11.4. The van der Waals surface area contributed by atoms with Crippen LogP contribution in [0.2, 0.25) is 0 Å². The molecule has 3 saturated carbocycles. The van der Waals surface area contributed by atoms with Crippen LogP contribution in [0.3, 0.4) is 0 Å². The van der Waals surface area contributed by atoms with E-state index in [0.29, 0.717) is 18.6 Å². The molecule has 174 valence electrons. The minimum Gasteiger partial charge on any atom is -0.358 e. The maximum absolute atomic E-state index is 11.4. The predicted octanol–water partition coefficient (Wildman–Crippen LogP) is 6.25. The highest BCUT2D eigenvalue weighted by atomic mass is 16.6. The van der Waals surface area contributed by atoms with Gasteiger partial charge in [-0.15, -0.1) is 0 Å². The summed E-state index contributed by atoms with van der Waals surface area (Å²) in [4.78, 5) is 4.70. The fourth-order valence-corrected chi connectivity index (χ4v) is 9.11. The van der Waals surface area contributed by atoms with Gasteiger partial charge in [0.1, 0.15) is 0 Å². The molecular formula is C29H41NO2. The number of allylic oxidation sites excluding steroid dienone is 5. The fraction of sp³-hybridized carbons (Fsp3) is 0.759. The lowest BCUT2D eigenvalue weighted by Gasteiger charge is -2.64. The van der Waals surface area contributed by atoms with Crippen molar-refractivity contribution >= 4 is 5.71 Å². The fourth-order valence-electron chi connectivity index (χ4n) is 9.11. The summed E-state index contributed by atoms with van der Waals surface area (Å²) in [6, 6.07) is 0. The minimum atomic E-state index is -1.32. The summed E-state index contributed by atoms with van der Waals surface area (Å²) in [5, 5.41) is 11.4. The van der Waals surface area contributed by atoms with E-state index in [0.717, 1.165) is 23.5 Å². The van der Waals surface area contributed by atoms with Gasteiger partial charge in [-0.2, -0.15) is 0 Å². The van der Waals surface area contributed by atoms with Gasteiger partial charge in [-0.05, 0) is 84.3 Å². The number of hydrogen-bond donors (Lipinski definition) is 1. The molecule has 5 aliphatic carbocycles. The first kappa shape index (κ1) is 21.4. The molecule has 8 atom stereocenters. The average Bonchev–Trinajstić information content (AvgIpc) is 2.75. The Balaban J connectivity index is 1.45. The molecule has 3 heteroatoms. The van der Waals surface area contributed by atoms with Crippen molar-refractivity contribution < 1.29 is 9.84 Å². The standard InChI is InChI=1S/C29H41NO2/c1-18-8-10-26(3)12-13-28(5)21(22(26)16-18)9-11-27(4)23-17-29(31)25(30-14-15-32-29)19(2)20(23)6-7-24(27)28/h6-7,17-19,21-22,31H,8-16H2,1-5H3. The lowest BCUT2D eigenvalue weighted by atomic mass is 9.40. The zero-order valence-electron chi connectivity index (χ0n) is 20.7. The normalized spacial score (nSPS) is 52.1. The molecule has 3 fully saturated rings. The Hall–Kier alpha value is -1.19. The Kier molecular flexibility index (Phi) is 4.46. The second-order valence-electron chi connectivity index (χ2n) is 12.8. The van der Waals surface area contributed by atoms with Crippen LogP contribution in [0.5, 0.6) is 0 Å². The zero-order valence-corrected chi connectivity index (χ0v) is 20.7. The first-order chi connectivity index (χ1) is 15.1. The van der Waals surface area contributed by atoms with Gasteiger partial charge in [-0.3, -0.25) is 4.99 Å². The van der Waals surface area contributed by atoms with Crippen molar-refractivity contribution in [2.45, 2.75) is 85.4 Å². The highest BCUT2D eigenvalue weighted by molar-refractivity contribution is 6.00. The molecular weight excluding hydrogens is 394 g/mol. The Bertz CT molecular complexity index is 974. The van der Waals surface area contributed by atoms with Crippen LogP contribution in [-0.2, 0) is 4.74 Å². The van der Waals surface area contributed by atoms with Crippen LogP contribution in [-0.4, -0.2) is 29.8 Å². The molecule has 1 aliphatic heterocycles. The highest BCUT2D eigenvalue weighted by Gasteiger charge is 2.61. The lowest BCUT2D eigenvalue weighted by Crippen LogP contribution is -2.56. The highest BCUT2D eigenvalue weighted by Crippen LogP contribution is 2.70. The molecule has 0 aromatic heterocycles. The Labute approximate surface area is 194 Å². The zero-order chi connectivity index (χ0) is 22.5. The first-order valence-corrected chi connectivity index (χ1v) is 13.2. The van der Waals surface area contributed by atoms with Gasteiger partial charge in [0.05, 0.1) is 18.9 Å². The van der Waals surface area contributed by atoms with Gasteiger partial charge < -0.3 is 9.84 Å². The van der Waals surface area contributed by atoms with Crippen molar-refractivity contribution in [2.24, 2.45) is 44.9 Å². The van der Waals surface area contributed by atoms with E-state index in [1.54, 1.807) is 5.57 Å². The molecule has 1 heterocycles. The number of aliphatic hydroxyl groups is 1. The van der Waals surface area contributed by atoms with E-state index in [4.69, 9.17) is 9.73 Å². The number of hydrogen-bond acceptors (Lipinski definition) is 3. The molecule has 8 unspecified atom stereocenters. The van der Waals surface area contributed by atoms with Crippen LogP contribution >= 0.6 is 0 Å². The molecule has 0 amide bonds. The quantitative estimate of drug-likeness (QED) is 0.489. The topological polar surface area (TPSA) is 41.8 Å². The molecule has 0 aromatic carbocycles. The summed E-state index contributed by atoms with van der Waals surface area (Å²) in [6.45, 7) is 13.5. The summed E-state index contributed by atoms with van der Waals surface area (Å²) in [7, 11) is 0. The van der Waals surface area contributed by atoms with E-state index >= 15 is 0 Å². The molecule has 0 aromatic rings. The van der Waals surface area contributed by atoms with Gasteiger partial charge in [0, 0.05) is 11.3 Å². The Morgan fingerprint density at radius 3 is 2.62 bits per heavy atom. The monoisotopic (exact) mass is 435 g/mol. The predicted molar refractivity (Wildman–Crippen MR) is 129 cm³/mol. The van der Waals surface area contributed by atoms with Crippen molar-refractivity contribution in [1.82, 2.24) is 0 Å². The van der Waals surface area contributed by atoms with Gasteiger partial charge in [-0.25, -0.2) is 0 Å². The molecule has 3 nitrogen and oxygen atoms in total. The van der Waals surface area contributed by atoms with Crippen LogP contribution < -0.4 is 0 Å². The third-order valence-electron chi connectivity index (χ3n) is 11.1. The third kappa shape index (κ3) is 2.64. The first-order valence-electron chi connectivity index (χ1n) is 13.2. The van der Waals surface area contributed by atoms with Crippen LogP contribution in [0, 0.1) is 39.9 Å². The second kappa shape index (κ2) is 6.69. The van der Waals surface area contributed by atoms with Crippen molar-refractivity contribution in [1.29, 1.82) is 0 Å². The summed E-state index contributed by atoms with van der Waals surface area (Å²) in [5.41, 5.74) is 5.86. The second-order valence-corrected chi connectivity index (χ2v) is 12.8. The van der Waals surface area contributed by atoms with Gasteiger partial charge in [0.25, 0.3) is 0 Å². The molecule has 6 rings (SSSR count). The van der Waals surface area contributed by atoms with Gasteiger partial charge in [0.2, 0.25) is 5.79 Å². The molecule has 0 spiro atoms. The number of nitrogens with zero attached hydrogens (tertiary/aromatic N) is 1. The van der Waals surface area contributed by atoms with E-state index in [9.17, 15) is 5.11 Å². The number of fused-ring (bicyclic) bond motifs is 8. The molecule has 0 saturated heterocycles. The summed E-state index contributed by atoms with van der Waals surface area (Å²) in [5.74, 6) is 1.29. The molecule has 6 aliphatic rings. The summed E-state index contributed by atoms with van der Waals surface area (Å²) >= 11 is 0. The maximum Gasteiger partial charge on any atom is 0.227 e. The lowest BCUT2D eigenvalue weighted by molar-refractivity contribution is -0.122. The van der Waals surface area contributed by atoms with Crippen molar-refractivity contribution in [2.75, 3.05) is 13.2 Å². The van der Waals surface area contributed by atoms with E-state index in [2.05, 4.69) is 46.8 Å². The van der Waals surface area contributed by atoms with Gasteiger partial charge >= 0.3 is 0 Å².